The Morgan fingerprint density at radius 3 is 2.57 bits per heavy atom. The highest BCUT2D eigenvalue weighted by Gasteiger charge is 2.29. The molecule has 6 heteroatoms. The monoisotopic (exact) mass is 388 g/mol. The van der Waals surface area contributed by atoms with Crippen LogP contribution in [-0.2, 0) is 7.05 Å². The lowest BCUT2D eigenvalue weighted by Crippen LogP contribution is -2.44. The van der Waals surface area contributed by atoms with Gasteiger partial charge >= 0.3 is 0 Å². The minimum atomic E-state index is 0.561. The summed E-state index contributed by atoms with van der Waals surface area (Å²) in [5.74, 6) is 2.40. The molecule has 0 amide bonds. The zero-order valence-corrected chi connectivity index (χ0v) is 18.4. The van der Waals surface area contributed by atoms with E-state index in [1.165, 1.54) is 50.8 Å². The highest BCUT2D eigenvalue weighted by molar-refractivity contribution is 5.80. The van der Waals surface area contributed by atoms with Crippen molar-refractivity contribution >= 4 is 5.96 Å². The second-order valence-corrected chi connectivity index (χ2v) is 8.46. The maximum absolute atomic E-state index is 5.16. The number of hydrogen-bond donors (Lipinski definition) is 1. The van der Waals surface area contributed by atoms with Crippen molar-refractivity contribution in [2.45, 2.75) is 64.8 Å². The van der Waals surface area contributed by atoms with Gasteiger partial charge in [0.25, 0.3) is 0 Å². The van der Waals surface area contributed by atoms with E-state index in [4.69, 9.17) is 4.99 Å². The van der Waals surface area contributed by atoms with Crippen molar-refractivity contribution in [3.8, 4) is 0 Å². The quantitative estimate of drug-likeness (QED) is 0.549. The minimum absolute atomic E-state index is 0.561. The Hall–Kier alpha value is -1.56. The van der Waals surface area contributed by atoms with E-state index in [0.29, 0.717) is 12.0 Å². The van der Waals surface area contributed by atoms with Crippen molar-refractivity contribution in [2.75, 3.05) is 39.3 Å². The molecule has 0 aromatic carbocycles. The molecule has 2 aliphatic heterocycles. The maximum atomic E-state index is 5.16. The summed E-state index contributed by atoms with van der Waals surface area (Å²) >= 11 is 0. The van der Waals surface area contributed by atoms with Crippen molar-refractivity contribution in [2.24, 2.45) is 18.0 Å². The molecule has 2 aliphatic rings. The Bertz CT molecular complexity index is 612. The molecule has 2 unspecified atom stereocenters. The van der Waals surface area contributed by atoms with E-state index < -0.39 is 0 Å². The summed E-state index contributed by atoms with van der Waals surface area (Å²) in [5.41, 5.74) is 1.35. The molecule has 28 heavy (non-hydrogen) atoms. The fraction of sp³-hybridized carbons (Fsp3) is 0.818. The third-order valence-electron chi connectivity index (χ3n) is 6.65. The van der Waals surface area contributed by atoms with Crippen LogP contribution in [-0.4, -0.2) is 70.9 Å². The Morgan fingerprint density at radius 1 is 1.21 bits per heavy atom. The molecule has 0 bridgehead atoms. The number of rotatable bonds is 8. The predicted octanol–water partition coefficient (Wildman–Crippen LogP) is 3.08. The number of aryl methyl sites for hydroxylation is 1. The Balaban J connectivity index is 1.68. The van der Waals surface area contributed by atoms with E-state index in [0.717, 1.165) is 38.1 Å². The molecule has 0 radical (unpaired) electrons. The molecule has 1 N–H and O–H groups in total. The van der Waals surface area contributed by atoms with Gasteiger partial charge in [0.15, 0.2) is 5.96 Å². The number of hydrogen-bond acceptors (Lipinski definition) is 3. The summed E-state index contributed by atoms with van der Waals surface area (Å²) in [7, 11) is 2.00. The van der Waals surface area contributed by atoms with Crippen LogP contribution in [0.25, 0.3) is 0 Å². The summed E-state index contributed by atoms with van der Waals surface area (Å²) in [6.45, 7) is 13.3. The van der Waals surface area contributed by atoms with Gasteiger partial charge in [0.2, 0.25) is 0 Å². The van der Waals surface area contributed by atoms with Gasteiger partial charge in [-0.15, -0.1) is 0 Å². The van der Waals surface area contributed by atoms with Crippen molar-refractivity contribution < 1.29 is 0 Å². The summed E-state index contributed by atoms with van der Waals surface area (Å²) in [6, 6.07) is 0.586. The van der Waals surface area contributed by atoms with Gasteiger partial charge < -0.3 is 10.2 Å². The first-order valence-electron chi connectivity index (χ1n) is 11.4. The van der Waals surface area contributed by atoms with Crippen LogP contribution in [0.3, 0.4) is 0 Å². The number of guanidine groups is 1. The molecule has 1 aromatic rings. The van der Waals surface area contributed by atoms with E-state index in [1.807, 2.05) is 17.9 Å². The number of likely N-dealkylation sites (tertiary alicyclic amines) is 2. The molecule has 0 spiro atoms. The van der Waals surface area contributed by atoms with Crippen LogP contribution < -0.4 is 5.32 Å². The summed E-state index contributed by atoms with van der Waals surface area (Å²) in [5, 5.41) is 7.92. The second-order valence-electron chi connectivity index (χ2n) is 8.46. The Kier molecular flexibility index (Phi) is 7.77. The molecule has 3 rings (SSSR count). The SMILES string of the molecule is CCNC(=NCC(C(CC)CC)N1CCCC1)N1CCC(c2cnn(C)c2)C1. The number of aromatic nitrogens is 2. The van der Waals surface area contributed by atoms with E-state index in [-0.39, 0.29) is 0 Å². The first-order valence-corrected chi connectivity index (χ1v) is 11.4. The van der Waals surface area contributed by atoms with Crippen LogP contribution in [0.4, 0.5) is 0 Å². The predicted molar refractivity (Wildman–Crippen MR) is 117 cm³/mol. The average Bonchev–Trinajstić information content (AvgIpc) is 3.45. The number of nitrogens with zero attached hydrogens (tertiary/aromatic N) is 5. The fourth-order valence-corrected chi connectivity index (χ4v) is 4.95. The van der Waals surface area contributed by atoms with Crippen LogP contribution in [0.15, 0.2) is 17.4 Å². The number of nitrogens with one attached hydrogen (secondary N) is 1. The van der Waals surface area contributed by atoms with Crippen molar-refractivity contribution in [3.63, 3.8) is 0 Å². The lowest BCUT2D eigenvalue weighted by atomic mass is 9.93. The lowest BCUT2D eigenvalue weighted by molar-refractivity contribution is 0.171. The van der Waals surface area contributed by atoms with Crippen molar-refractivity contribution in [1.82, 2.24) is 24.9 Å². The van der Waals surface area contributed by atoms with Crippen LogP contribution in [0, 0.1) is 5.92 Å². The molecule has 0 aliphatic carbocycles. The molecular formula is C22H40N6. The van der Waals surface area contributed by atoms with E-state index in [1.54, 1.807) is 0 Å². The first-order chi connectivity index (χ1) is 13.7. The standard InChI is InChI=1S/C22H40N6/c1-5-18(6-2)21(27-11-8-9-12-27)15-24-22(23-7-3)28-13-10-19(17-28)20-14-25-26(4)16-20/h14,16,18-19,21H,5-13,15,17H2,1-4H3,(H,23,24). The topological polar surface area (TPSA) is 48.7 Å². The third kappa shape index (κ3) is 5.07. The number of aliphatic imine (C=N–C) groups is 1. The van der Waals surface area contributed by atoms with Gasteiger partial charge in [-0.25, -0.2) is 0 Å². The Morgan fingerprint density at radius 2 is 1.96 bits per heavy atom. The van der Waals surface area contributed by atoms with Gasteiger partial charge in [-0.3, -0.25) is 14.6 Å². The molecule has 1 aromatic heterocycles. The van der Waals surface area contributed by atoms with Crippen LogP contribution in [0.1, 0.15) is 64.4 Å². The summed E-state index contributed by atoms with van der Waals surface area (Å²) < 4.78 is 1.91. The highest BCUT2D eigenvalue weighted by atomic mass is 15.3. The van der Waals surface area contributed by atoms with Gasteiger partial charge in [0.05, 0.1) is 12.7 Å². The Labute approximate surface area is 171 Å². The summed E-state index contributed by atoms with van der Waals surface area (Å²) in [6.07, 6.45) is 10.5. The minimum Gasteiger partial charge on any atom is -0.357 e. The zero-order chi connectivity index (χ0) is 19.9. The molecule has 158 valence electrons. The average molecular weight is 389 g/mol. The first kappa shape index (κ1) is 21.2. The zero-order valence-electron chi connectivity index (χ0n) is 18.4. The molecule has 2 atom stereocenters. The van der Waals surface area contributed by atoms with E-state index >= 15 is 0 Å². The third-order valence-corrected chi connectivity index (χ3v) is 6.65. The van der Waals surface area contributed by atoms with Gasteiger partial charge in [0.1, 0.15) is 0 Å². The maximum Gasteiger partial charge on any atom is 0.193 e. The van der Waals surface area contributed by atoms with Gasteiger partial charge in [-0.2, -0.15) is 5.10 Å². The largest absolute Gasteiger partial charge is 0.357 e. The van der Waals surface area contributed by atoms with Gasteiger partial charge in [-0.1, -0.05) is 26.7 Å². The summed E-state index contributed by atoms with van der Waals surface area (Å²) in [4.78, 5) is 10.3. The molecule has 3 heterocycles. The fourth-order valence-electron chi connectivity index (χ4n) is 4.95. The smallest absolute Gasteiger partial charge is 0.193 e. The lowest BCUT2D eigenvalue weighted by Gasteiger charge is -2.33. The normalized spacial score (nSPS) is 22.4. The molecular weight excluding hydrogens is 348 g/mol. The molecule has 6 nitrogen and oxygen atoms in total. The van der Waals surface area contributed by atoms with Crippen LogP contribution in [0.5, 0.6) is 0 Å². The molecule has 0 saturated carbocycles. The van der Waals surface area contributed by atoms with Crippen LogP contribution >= 0.6 is 0 Å². The molecule has 2 saturated heterocycles. The van der Waals surface area contributed by atoms with E-state index in [9.17, 15) is 0 Å². The van der Waals surface area contributed by atoms with Gasteiger partial charge in [-0.05, 0) is 50.8 Å². The molecule has 2 fully saturated rings. The van der Waals surface area contributed by atoms with E-state index in [2.05, 4.69) is 47.2 Å². The van der Waals surface area contributed by atoms with Crippen LogP contribution in [0.2, 0.25) is 0 Å². The highest BCUT2D eigenvalue weighted by Crippen LogP contribution is 2.27. The van der Waals surface area contributed by atoms with Crippen molar-refractivity contribution in [1.29, 1.82) is 0 Å². The van der Waals surface area contributed by atoms with Gasteiger partial charge in [0, 0.05) is 44.8 Å². The van der Waals surface area contributed by atoms with Crippen molar-refractivity contribution in [3.05, 3.63) is 18.0 Å². The second kappa shape index (κ2) is 10.3.